The zero-order valence-electron chi connectivity index (χ0n) is 11.9. The SMILES string of the molecule is CC=CC=C[C@@H]1CC2=C([C@@H](O)[C@](C)(O)[C@@H](O)C2=O)[C@@H](O)O1. The molecule has 0 saturated carbocycles. The Bertz CT molecular complexity index is 516. The van der Waals surface area contributed by atoms with Crippen LogP contribution in [0.1, 0.15) is 20.3 Å². The lowest BCUT2D eigenvalue weighted by Crippen LogP contribution is -2.60. The number of carbonyl (C=O) groups is 1. The number of ether oxygens (including phenoxy) is 1. The fourth-order valence-corrected chi connectivity index (χ4v) is 2.61. The van der Waals surface area contributed by atoms with E-state index in [-0.39, 0.29) is 17.6 Å². The van der Waals surface area contributed by atoms with E-state index in [2.05, 4.69) is 0 Å². The summed E-state index contributed by atoms with van der Waals surface area (Å²) < 4.78 is 5.32. The van der Waals surface area contributed by atoms with Crippen molar-refractivity contribution in [2.24, 2.45) is 0 Å². The number of allylic oxidation sites excluding steroid dienone is 3. The first-order chi connectivity index (χ1) is 9.80. The summed E-state index contributed by atoms with van der Waals surface area (Å²) in [6.45, 7) is 3.00. The summed E-state index contributed by atoms with van der Waals surface area (Å²) in [5.41, 5.74) is -1.99. The highest BCUT2D eigenvalue weighted by Crippen LogP contribution is 2.38. The van der Waals surface area contributed by atoms with Crippen LogP contribution in [0.25, 0.3) is 0 Å². The van der Waals surface area contributed by atoms with Crippen molar-refractivity contribution in [3.05, 3.63) is 35.5 Å². The van der Waals surface area contributed by atoms with Crippen LogP contribution in [0.5, 0.6) is 0 Å². The van der Waals surface area contributed by atoms with Gasteiger partial charge in [0, 0.05) is 17.6 Å². The highest BCUT2D eigenvalue weighted by Gasteiger charge is 2.53. The van der Waals surface area contributed by atoms with Gasteiger partial charge in [0.15, 0.2) is 12.1 Å². The lowest BCUT2D eigenvalue weighted by molar-refractivity contribution is -0.176. The monoisotopic (exact) mass is 296 g/mol. The molecule has 0 saturated heterocycles. The van der Waals surface area contributed by atoms with Gasteiger partial charge in [0.25, 0.3) is 0 Å². The van der Waals surface area contributed by atoms with Crippen LogP contribution < -0.4 is 0 Å². The molecular formula is C15H20O6. The summed E-state index contributed by atoms with van der Waals surface area (Å²) >= 11 is 0. The molecule has 6 nitrogen and oxygen atoms in total. The molecular weight excluding hydrogens is 276 g/mol. The fourth-order valence-electron chi connectivity index (χ4n) is 2.61. The lowest BCUT2D eigenvalue weighted by Gasteiger charge is -2.43. The summed E-state index contributed by atoms with van der Waals surface area (Å²) in [5, 5.41) is 40.0. The Morgan fingerprint density at radius 2 is 1.90 bits per heavy atom. The zero-order chi connectivity index (χ0) is 15.8. The molecule has 5 atom stereocenters. The van der Waals surface area contributed by atoms with Gasteiger partial charge < -0.3 is 25.2 Å². The molecule has 0 radical (unpaired) electrons. The van der Waals surface area contributed by atoms with E-state index in [1.54, 1.807) is 18.2 Å². The van der Waals surface area contributed by atoms with Gasteiger partial charge in [-0.1, -0.05) is 24.3 Å². The second-order valence-corrected chi connectivity index (χ2v) is 5.47. The highest BCUT2D eigenvalue weighted by molar-refractivity contribution is 6.02. The quantitative estimate of drug-likeness (QED) is 0.516. The summed E-state index contributed by atoms with van der Waals surface area (Å²) in [6, 6.07) is 0. The molecule has 0 unspecified atom stereocenters. The van der Waals surface area contributed by atoms with Crippen LogP contribution in [0.4, 0.5) is 0 Å². The molecule has 0 bridgehead atoms. The van der Waals surface area contributed by atoms with Crippen LogP contribution >= 0.6 is 0 Å². The maximum absolute atomic E-state index is 12.2. The summed E-state index contributed by atoms with van der Waals surface area (Å²) in [7, 11) is 0. The van der Waals surface area contributed by atoms with Gasteiger partial charge in [0.1, 0.15) is 17.8 Å². The van der Waals surface area contributed by atoms with Crippen molar-refractivity contribution < 1.29 is 30.0 Å². The van der Waals surface area contributed by atoms with Gasteiger partial charge >= 0.3 is 0 Å². The van der Waals surface area contributed by atoms with Crippen molar-refractivity contribution in [3.63, 3.8) is 0 Å². The number of aliphatic hydroxyl groups excluding tert-OH is 3. The van der Waals surface area contributed by atoms with E-state index < -0.39 is 36.0 Å². The molecule has 0 aromatic heterocycles. The van der Waals surface area contributed by atoms with E-state index in [1.165, 1.54) is 0 Å². The van der Waals surface area contributed by atoms with Crippen LogP contribution in [0.2, 0.25) is 0 Å². The van der Waals surface area contributed by atoms with E-state index in [1.807, 2.05) is 13.0 Å². The summed E-state index contributed by atoms with van der Waals surface area (Å²) in [4.78, 5) is 12.2. The van der Waals surface area contributed by atoms with Gasteiger partial charge in [-0.15, -0.1) is 0 Å². The molecule has 1 heterocycles. The third-order valence-corrected chi connectivity index (χ3v) is 3.90. The van der Waals surface area contributed by atoms with E-state index in [0.29, 0.717) is 0 Å². The van der Waals surface area contributed by atoms with Gasteiger partial charge in [-0.25, -0.2) is 0 Å². The van der Waals surface area contributed by atoms with E-state index in [9.17, 15) is 25.2 Å². The van der Waals surface area contributed by atoms with Gasteiger partial charge in [-0.3, -0.25) is 4.79 Å². The Balaban J connectivity index is 2.35. The average molecular weight is 296 g/mol. The number of ketones is 1. The molecule has 0 amide bonds. The topological polar surface area (TPSA) is 107 Å². The van der Waals surface area contributed by atoms with Crippen molar-refractivity contribution in [1.82, 2.24) is 0 Å². The first-order valence-electron chi connectivity index (χ1n) is 6.79. The molecule has 6 heteroatoms. The molecule has 1 aliphatic carbocycles. The van der Waals surface area contributed by atoms with Crippen molar-refractivity contribution in [2.75, 3.05) is 0 Å². The number of carbonyl (C=O) groups excluding carboxylic acids is 1. The van der Waals surface area contributed by atoms with Crippen molar-refractivity contribution in [1.29, 1.82) is 0 Å². The van der Waals surface area contributed by atoms with Crippen LogP contribution in [-0.4, -0.2) is 56.4 Å². The molecule has 116 valence electrons. The molecule has 0 aromatic rings. The molecule has 0 aromatic carbocycles. The Hall–Kier alpha value is -1.31. The number of Topliss-reactive ketones (excluding diaryl/α,β-unsaturated/α-hetero) is 1. The first kappa shape index (κ1) is 16.1. The molecule has 1 aliphatic heterocycles. The molecule has 2 rings (SSSR count). The smallest absolute Gasteiger partial charge is 0.190 e. The van der Waals surface area contributed by atoms with Crippen molar-refractivity contribution in [3.8, 4) is 0 Å². The molecule has 2 aliphatic rings. The van der Waals surface area contributed by atoms with Crippen LogP contribution in [-0.2, 0) is 9.53 Å². The Labute approximate surface area is 122 Å². The van der Waals surface area contributed by atoms with Crippen LogP contribution in [0.3, 0.4) is 0 Å². The predicted molar refractivity (Wildman–Crippen MR) is 74.1 cm³/mol. The molecule has 4 N–H and O–H groups in total. The zero-order valence-corrected chi connectivity index (χ0v) is 11.9. The minimum Gasteiger partial charge on any atom is -0.385 e. The standard InChI is InChI=1S/C15H20O6/c1-3-4-5-6-8-7-9-10(14(19)21-8)12(17)15(2,20)13(18)11(9)16/h3-6,8,12-14,17-20H,7H2,1-2H3/t8-,12-,13+,14+,15+/m1/s1. The van der Waals surface area contributed by atoms with Gasteiger partial charge in [0.05, 0.1) is 6.10 Å². The Morgan fingerprint density at radius 1 is 1.24 bits per heavy atom. The third-order valence-electron chi connectivity index (χ3n) is 3.90. The lowest BCUT2D eigenvalue weighted by atomic mass is 9.73. The first-order valence-corrected chi connectivity index (χ1v) is 6.79. The van der Waals surface area contributed by atoms with Gasteiger partial charge in [-0.05, 0) is 13.8 Å². The maximum Gasteiger partial charge on any atom is 0.190 e. The summed E-state index contributed by atoms with van der Waals surface area (Å²) in [5.74, 6) is -0.688. The van der Waals surface area contributed by atoms with Crippen LogP contribution in [0, 0.1) is 0 Å². The minimum atomic E-state index is -2.05. The van der Waals surface area contributed by atoms with Gasteiger partial charge in [0.2, 0.25) is 0 Å². The van der Waals surface area contributed by atoms with Crippen LogP contribution in [0.15, 0.2) is 35.5 Å². The normalized spacial score (nSPS) is 41.1. The Morgan fingerprint density at radius 3 is 2.52 bits per heavy atom. The summed E-state index contributed by atoms with van der Waals surface area (Å²) in [6.07, 6.45) is 1.79. The van der Waals surface area contributed by atoms with Crippen molar-refractivity contribution >= 4 is 5.78 Å². The average Bonchev–Trinajstić information content (AvgIpc) is 2.43. The maximum atomic E-state index is 12.2. The Kier molecular flexibility index (Phi) is 4.46. The highest BCUT2D eigenvalue weighted by atomic mass is 16.6. The van der Waals surface area contributed by atoms with E-state index >= 15 is 0 Å². The minimum absolute atomic E-state index is 0.0639. The second-order valence-electron chi connectivity index (χ2n) is 5.47. The number of rotatable bonds is 2. The number of aliphatic hydroxyl groups is 4. The molecule has 21 heavy (non-hydrogen) atoms. The molecule has 0 spiro atoms. The van der Waals surface area contributed by atoms with E-state index in [4.69, 9.17) is 4.74 Å². The van der Waals surface area contributed by atoms with Gasteiger partial charge in [-0.2, -0.15) is 0 Å². The second kappa shape index (κ2) is 5.82. The van der Waals surface area contributed by atoms with Crippen molar-refractivity contribution in [2.45, 2.75) is 50.5 Å². The third kappa shape index (κ3) is 2.73. The number of hydrogen-bond acceptors (Lipinski definition) is 6. The molecule has 0 fully saturated rings. The fraction of sp³-hybridized carbons (Fsp3) is 0.533. The van der Waals surface area contributed by atoms with E-state index in [0.717, 1.165) is 6.92 Å². The predicted octanol–water partition coefficient (Wildman–Crippen LogP) is -0.422. The number of hydrogen-bond donors (Lipinski definition) is 4. The largest absolute Gasteiger partial charge is 0.385 e.